The van der Waals surface area contributed by atoms with Gasteiger partial charge < -0.3 is 15.0 Å². The van der Waals surface area contributed by atoms with Crippen molar-refractivity contribution in [1.82, 2.24) is 10.2 Å². The molecule has 0 bridgehead atoms. The topological polar surface area (TPSA) is 58.6 Å². The number of rotatable bonds is 3. The molecule has 5 heteroatoms. The smallest absolute Gasteiger partial charge is 0.261 e. The highest BCUT2D eigenvalue weighted by Crippen LogP contribution is 2.27. The van der Waals surface area contributed by atoms with Gasteiger partial charge in [0.05, 0.1) is 6.54 Å². The number of amides is 2. The predicted octanol–water partition coefficient (Wildman–Crippen LogP) is 0.195. The molecule has 1 aromatic rings. The number of ether oxygens (including phenoxy) is 1. The Labute approximate surface area is 106 Å². The Morgan fingerprint density at radius 2 is 2.11 bits per heavy atom. The molecule has 5 nitrogen and oxygen atoms in total. The van der Waals surface area contributed by atoms with E-state index in [2.05, 4.69) is 5.32 Å². The SMILES string of the molecule is CN(C)C(=O)CNC(=O)[C@@H]1Cc2ccccc2O1. The zero-order chi connectivity index (χ0) is 13.1. The summed E-state index contributed by atoms with van der Waals surface area (Å²) in [5, 5.41) is 2.59. The molecule has 1 heterocycles. The van der Waals surface area contributed by atoms with Crippen molar-refractivity contribution in [3.8, 4) is 5.75 Å². The monoisotopic (exact) mass is 248 g/mol. The summed E-state index contributed by atoms with van der Waals surface area (Å²) in [6.45, 7) is 0.00202. The second kappa shape index (κ2) is 5.08. The molecule has 0 radical (unpaired) electrons. The summed E-state index contributed by atoms with van der Waals surface area (Å²) in [6, 6.07) is 7.56. The van der Waals surface area contributed by atoms with Gasteiger partial charge in [0.25, 0.3) is 5.91 Å². The van der Waals surface area contributed by atoms with Gasteiger partial charge in [0.2, 0.25) is 5.91 Å². The van der Waals surface area contributed by atoms with E-state index in [1.165, 1.54) is 4.90 Å². The van der Waals surface area contributed by atoms with Gasteiger partial charge in [0.1, 0.15) is 5.75 Å². The van der Waals surface area contributed by atoms with Gasteiger partial charge in [-0.1, -0.05) is 18.2 Å². The van der Waals surface area contributed by atoms with Crippen LogP contribution in [0.5, 0.6) is 5.75 Å². The van der Waals surface area contributed by atoms with Crippen LogP contribution in [0.3, 0.4) is 0 Å². The van der Waals surface area contributed by atoms with Crippen LogP contribution in [-0.4, -0.2) is 43.5 Å². The molecule has 2 rings (SSSR count). The van der Waals surface area contributed by atoms with E-state index in [0.29, 0.717) is 6.42 Å². The lowest BCUT2D eigenvalue weighted by atomic mass is 10.1. The molecule has 1 atom stereocenters. The van der Waals surface area contributed by atoms with Crippen LogP contribution in [0.4, 0.5) is 0 Å². The Kier molecular flexibility index (Phi) is 3.50. The van der Waals surface area contributed by atoms with Crippen molar-refractivity contribution in [3.05, 3.63) is 29.8 Å². The van der Waals surface area contributed by atoms with Crippen molar-refractivity contribution >= 4 is 11.8 Å². The van der Waals surface area contributed by atoms with Crippen LogP contribution in [0.25, 0.3) is 0 Å². The number of carbonyl (C=O) groups is 2. The van der Waals surface area contributed by atoms with Gasteiger partial charge in [0, 0.05) is 20.5 Å². The number of fused-ring (bicyclic) bond motifs is 1. The van der Waals surface area contributed by atoms with Crippen LogP contribution in [0.2, 0.25) is 0 Å². The first-order chi connectivity index (χ1) is 8.58. The highest BCUT2D eigenvalue weighted by molar-refractivity contribution is 5.87. The van der Waals surface area contributed by atoms with E-state index in [1.807, 2.05) is 24.3 Å². The maximum absolute atomic E-state index is 11.8. The first-order valence-electron chi connectivity index (χ1n) is 5.80. The van der Waals surface area contributed by atoms with Crippen LogP contribution in [0.1, 0.15) is 5.56 Å². The minimum atomic E-state index is -0.530. The van der Waals surface area contributed by atoms with Crippen molar-refractivity contribution in [2.45, 2.75) is 12.5 Å². The molecule has 18 heavy (non-hydrogen) atoms. The molecular formula is C13H16N2O3. The zero-order valence-electron chi connectivity index (χ0n) is 10.5. The normalized spacial score (nSPS) is 16.7. The van der Waals surface area contributed by atoms with E-state index in [-0.39, 0.29) is 18.4 Å². The molecule has 1 aliphatic heterocycles. The lowest BCUT2D eigenvalue weighted by Crippen LogP contribution is -2.42. The van der Waals surface area contributed by atoms with E-state index in [9.17, 15) is 9.59 Å². The lowest BCUT2D eigenvalue weighted by molar-refractivity contribution is -0.133. The average molecular weight is 248 g/mol. The number of benzene rings is 1. The number of hydrogen-bond acceptors (Lipinski definition) is 3. The van der Waals surface area contributed by atoms with Crippen LogP contribution in [0.15, 0.2) is 24.3 Å². The third-order valence-electron chi connectivity index (χ3n) is 2.85. The van der Waals surface area contributed by atoms with Gasteiger partial charge >= 0.3 is 0 Å². The largest absolute Gasteiger partial charge is 0.480 e. The second-order valence-corrected chi connectivity index (χ2v) is 4.42. The van der Waals surface area contributed by atoms with Crippen LogP contribution < -0.4 is 10.1 Å². The Morgan fingerprint density at radius 3 is 2.78 bits per heavy atom. The summed E-state index contributed by atoms with van der Waals surface area (Å²) in [4.78, 5) is 24.6. The van der Waals surface area contributed by atoms with Crippen molar-refractivity contribution in [2.24, 2.45) is 0 Å². The standard InChI is InChI=1S/C13H16N2O3/c1-15(2)12(16)8-14-13(17)11-7-9-5-3-4-6-10(9)18-11/h3-6,11H,7-8H2,1-2H3,(H,14,17)/t11-/m0/s1. The summed E-state index contributed by atoms with van der Waals surface area (Å²) in [6.07, 6.45) is 0.0235. The van der Waals surface area contributed by atoms with E-state index < -0.39 is 6.10 Å². The molecule has 1 aliphatic rings. The maximum atomic E-state index is 11.8. The van der Waals surface area contributed by atoms with Gasteiger partial charge in [-0.3, -0.25) is 9.59 Å². The fourth-order valence-electron chi connectivity index (χ4n) is 1.76. The van der Waals surface area contributed by atoms with Crippen LogP contribution in [0, 0.1) is 0 Å². The van der Waals surface area contributed by atoms with E-state index >= 15 is 0 Å². The molecule has 0 fully saturated rings. The molecule has 0 aromatic heterocycles. The molecule has 0 saturated heterocycles. The molecule has 0 saturated carbocycles. The van der Waals surface area contributed by atoms with Crippen LogP contribution >= 0.6 is 0 Å². The molecule has 1 N–H and O–H groups in total. The van der Waals surface area contributed by atoms with E-state index in [1.54, 1.807) is 14.1 Å². The summed E-state index contributed by atoms with van der Waals surface area (Å²) in [5.74, 6) is 0.358. The van der Waals surface area contributed by atoms with Gasteiger partial charge in [-0.25, -0.2) is 0 Å². The summed E-state index contributed by atoms with van der Waals surface area (Å²) >= 11 is 0. The number of carbonyl (C=O) groups excluding carboxylic acids is 2. The molecule has 96 valence electrons. The van der Waals surface area contributed by atoms with Gasteiger partial charge in [-0.15, -0.1) is 0 Å². The number of likely N-dealkylation sites (N-methyl/N-ethyl adjacent to an activating group) is 1. The number of nitrogens with zero attached hydrogens (tertiary/aromatic N) is 1. The van der Waals surface area contributed by atoms with Crippen molar-refractivity contribution in [1.29, 1.82) is 0 Å². The first kappa shape index (κ1) is 12.4. The molecule has 2 amide bonds. The van der Waals surface area contributed by atoms with Gasteiger partial charge in [0.15, 0.2) is 6.10 Å². The number of para-hydroxylation sites is 1. The lowest BCUT2D eigenvalue weighted by Gasteiger charge is -2.13. The minimum Gasteiger partial charge on any atom is -0.480 e. The third-order valence-corrected chi connectivity index (χ3v) is 2.85. The second-order valence-electron chi connectivity index (χ2n) is 4.42. The quantitative estimate of drug-likeness (QED) is 0.831. The Bertz CT molecular complexity index is 446. The van der Waals surface area contributed by atoms with Crippen molar-refractivity contribution in [3.63, 3.8) is 0 Å². The number of hydrogen-bond donors (Lipinski definition) is 1. The highest BCUT2D eigenvalue weighted by atomic mass is 16.5. The minimum absolute atomic E-state index is 0.00202. The summed E-state index contributed by atoms with van der Waals surface area (Å²) < 4.78 is 5.52. The Morgan fingerprint density at radius 1 is 1.39 bits per heavy atom. The van der Waals surface area contributed by atoms with Crippen molar-refractivity contribution < 1.29 is 14.3 Å². The maximum Gasteiger partial charge on any atom is 0.261 e. The molecule has 0 aliphatic carbocycles. The molecular weight excluding hydrogens is 232 g/mol. The summed E-state index contributed by atoms with van der Waals surface area (Å²) in [5.41, 5.74) is 1.02. The Balaban J connectivity index is 1.88. The van der Waals surface area contributed by atoms with E-state index in [0.717, 1.165) is 11.3 Å². The fraction of sp³-hybridized carbons (Fsp3) is 0.385. The first-order valence-corrected chi connectivity index (χ1v) is 5.80. The fourth-order valence-corrected chi connectivity index (χ4v) is 1.76. The van der Waals surface area contributed by atoms with Crippen LogP contribution in [-0.2, 0) is 16.0 Å². The molecule has 1 aromatic carbocycles. The van der Waals surface area contributed by atoms with Gasteiger partial charge in [-0.2, -0.15) is 0 Å². The highest BCUT2D eigenvalue weighted by Gasteiger charge is 2.28. The van der Waals surface area contributed by atoms with Crippen molar-refractivity contribution in [2.75, 3.05) is 20.6 Å². The Hall–Kier alpha value is -2.04. The molecule has 0 unspecified atom stereocenters. The summed E-state index contributed by atoms with van der Waals surface area (Å²) in [7, 11) is 3.30. The van der Waals surface area contributed by atoms with E-state index in [4.69, 9.17) is 4.74 Å². The molecule has 0 spiro atoms. The average Bonchev–Trinajstić information content (AvgIpc) is 2.79. The van der Waals surface area contributed by atoms with Gasteiger partial charge in [-0.05, 0) is 11.6 Å². The third kappa shape index (κ3) is 2.61. The zero-order valence-corrected chi connectivity index (χ0v) is 10.5. The predicted molar refractivity (Wildman–Crippen MR) is 66.3 cm³/mol. The number of nitrogens with one attached hydrogen (secondary N) is 1.